The van der Waals surface area contributed by atoms with Gasteiger partial charge in [0.25, 0.3) is 0 Å². The maximum atomic E-state index is 13.0. The number of likely N-dealkylation sites (tertiary alicyclic amines) is 1. The molecule has 3 aromatic rings. The molecule has 4 rings (SSSR count). The molecule has 1 saturated heterocycles. The maximum absolute atomic E-state index is 13.0. The minimum atomic E-state index is -0.564. The molecule has 4 amide bonds. The van der Waals surface area contributed by atoms with Gasteiger partial charge in [-0.2, -0.15) is 0 Å². The number of carbonyl (C=O) groups excluding carboxylic acids is 4. The van der Waals surface area contributed by atoms with Crippen molar-refractivity contribution >= 4 is 41.1 Å². The number of piperidine rings is 1. The highest BCUT2D eigenvalue weighted by Crippen LogP contribution is 2.33. The molecule has 3 N–H and O–H groups in total. The highest BCUT2D eigenvalue weighted by molar-refractivity contribution is 6.00. The molecule has 12 nitrogen and oxygen atoms in total. The first-order chi connectivity index (χ1) is 23.4. The summed E-state index contributed by atoms with van der Waals surface area (Å²) in [7, 11) is 1.34. The zero-order valence-electron chi connectivity index (χ0n) is 28.8. The van der Waals surface area contributed by atoms with Gasteiger partial charge in [0.1, 0.15) is 11.7 Å². The van der Waals surface area contributed by atoms with Crippen molar-refractivity contribution in [2.24, 2.45) is 0 Å². The Morgan fingerprint density at radius 1 is 0.857 bits per heavy atom. The number of hydrogen-bond acceptors (Lipinski definition) is 8. The maximum Gasteiger partial charge on any atom is 0.410 e. The SMILES string of the molecule is COC(=O)CCCOc1cc(NC(=O)Cc2ccc(NC(=O)Nc3ccccc3C)cc2)ccc1OC1CCN(C(=O)OC(C)(C)C)CC1. The van der Waals surface area contributed by atoms with Gasteiger partial charge in [0.15, 0.2) is 11.5 Å². The number of methoxy groups -OCH3 is 1. The fourth-order valence-electron chi connectivity index (χ4n) is 5.05. The fraction of sp³-hybridized carbons (Fsp3) is 0.405. The summed E-state index contributed by atoms with van der Waals surface area (Å²) in [4.78, 5) is 51.1. The van der Waals surface area contributed by atoms with Gasteiger partial charge < -0.3 is 39.8 Å². The van der Waals surface area contributed by atoms with E-state index in [0.717, 1.165) is 16.8 Å². The van der Waals surface area contributed by atoms with Crippen LogP contribution in [0, 0.1) is 6.92 Å². The van der Waals surface area contributed by atoms with Crippen molar-refractivity contribution in [3.8, 4) is 11.5 Å². The first-order valence-electron chi connectivity index (χ1n) is 16.4. The summed E-state index contributed by atoms with van der Waals surface area (Å²) in [5.74, 6) is 0.364. The van der Waals surface area contributed by atoms with E-state index in [0.29, 0.717) is 55.2 Å². The number of ether oxygens (including phenoxy) is 4. The smallest absolute Gasteiger partial charge is 0.410 e. The molecular weight excluding hydrogens is 628 g/mol. The normalized spacial score (nSPS) is 13.2. The standard InChI is InChI=1S/C37H46N4O8/c1-25-9-6-7-10-30(25)40-35(44)39-27-14-12-26(13-15-27)23-33(42)38-28-16-17-31(32(24-28)47-22-8-11-34(43)46-5)48-29-18-20-41(21-19-29)36(45)49-37(2,3)4/h6-7,9-10,12-17,24,29H,8,11,18-23H2,1-5H3,(H,38,42)(H2,39,40,44). The minimum Gasteiger partial charge on any atom is -0.490 e. The van der Waals surface area contributed by atoms with Crippen LogP contribution < -0.4 is 25.4 Å². The molecule has 1 aliphatic heterocycles. The summed E-state index contributed by atoms with van der Waals surface area (Å²) in [6, 6.07) is 19.4. The largest absolute Gasteiger partial charge is 0.490 e. The molecule has 0 spiro atoms. The summed E-state index contributed by atoms with van der Waals surface area (Å²) in [5.41, 5.74) is 2.99. The summed E-state index contributed by atoms with van der Waals surface area (Å²) in [6.07, 6.45) is 1.50. The Morgan fingerprint density at radius 2 is 1.55 bits per heavy atom. The van der Waals surface area contributed by atoms with E-state index in [-0.39, 0.29) is 49.6 Å². The van der Waals surface area contributed by atoms with E-state index < -0.39 is 5.60 Å². The van der Waals surface area contributed by atoms with E-state index in [4.69, 9.17) is 18.9 Å². The lowest BCUT2D eigenvalue weighted by atomic mass is 10.1. The number of carbonyl (C=O) groups is 4. The van der Waals surface area contributed by atoms with Gasteiger partial charge in [-0.05, 0) is 75.6 Å². The van der Waals surface area contributed by atoms with Crippen molar-refractivity contribution in [2.75, 3.05) is 42.8 Å². The van der Waals surface area contributed by atoms with Crippen LogP contribution in [0.2, 0.25) is 0 Å². The molecule has 0 bridgehead atoms. The number of para-hydroxylation sites is 1. The van der Waals surface area contributed by atoms with Gasteiger partial charge >= 0.3 is 18.1 Å². The summed E-state index contributed by atoms with van der Waals surface area (Å²) < 4.78 is 22.5. The second-order valence-electron chi connectivity index (χ2n) is 12.8. The van der Waals surface area contributed by atoms with Crippen molar-refractivity contribution in [1.29, 1.82) is 0 Å². The zero-order chi connectivity index (χ0) is 35.4. The second-order valence-corrected chi connectivity index (χ2v) is 12.8. The minimum absolute atomic E-state index is 0.111. The molecule has 3 aromatic carbocycles. The molecule has 0 aromatic heterocycles. The van der Waals surface area contributed by atoms with Crippen LogP contribution in [0.3, 0.4) is 0 Å². The van der Waals surface area contributed by atoms with Crippen molar-refractivity contribution in [3.05, 3.63) is 77.9 Å². The van der Waals surface area contributed by atoms with Crippen LogP contribution in [0.1, 0.15) is 57.6 Å². The van der Waals surface area contributed by atoms with Crippen LogP contribution in [0.15, 0.2) is 66.7 Å². The number of amides is 4. The van der Waals surface area contributed by atoms with Crippen LogP contribution in [0.4, 0.5) is 26.7 Å². The predicted molar refractivity (Wildman–Crippen MR) is 187 cm³/mol. The molecule has 0 unspecified atom stereocenters. The van der Waals surface area contributed by atoms with E-state index >= 15 is 0 Å². The third kappa shape index (κ3) is 12.0. The number of hydrogen-bond donors (Lipinski definition) is 3. The Labute approximate surface area is 287 Å². The van der Waals surface area contributed by atoms with Crippen molar-refractivity contribution in [2.45, 2.75) is 71.5 Å². The van der Waals surface area contributed by atoms with Gasteiger partial charge in [0.2, 0.25) is 5.91 Å². The molecule has 0 radical (unpaired) electrons. The van der Waals surface area contributed by atoms with E-state index in [2.05, 4.69) is 16.0 Å². The Bertz CT molecular complexity index is 1590. The molecule has 0 aliphatic carbocycles. The fourth-order valence-corrected chi connectivity index (χ4v) is 5.05. The summed E-state index contributed by atoms with van der Waals surface area (Å²) in [5, 5.41) is 8.54. The summed E-state index contributed by atoms with van der Waals surface area (Å²) >= 11 is 0. The Balaban J connectivity index is 1.33. The quantitative estimate of drug-likeness (QED) is 0.139. The average molecular weight is 675 g/mol. The van der Waals surface area contributed by atoms with E-state index in [1.54, 1.807) is 47.4 Å². The van der Waals surface area contributed by atoms with Crippen LogP contribution in [-0.4, -0.2) is 67.4 Å². The Morgan fingerprint density at radius 3 is 2.22 bits per heavy atom. The van der Waals surface area contributed by atoms with E-state index in [1.807, 2.05) is 52.0 Å². The number of nitrogens with zero attached hydrogens (tertiary/aromatic N) is 1. The van der Waals surface area contributed by atoms with Crippen LogP contribution in [0.25, 0.3) is 0 Å². The molecule has 262 valence electrons. The molecule has 0 atom stereocenters. The second kappa shape index (κ2) is 17.2. The molecular formula is C37H46N4O8. The number of urea groups is 1. The summed E-state index contributed by atoms with van der Waals surface area (Å²) in [6.45, 7) is 8.68. The highest BCUT2D eigenvalue weighted by Gasteiger charge is 2.28. The number of rotatable bonds is 12. The van der Waals surface area contributed by atoms with Crippen LogP contribution >= 0.6 is 0 Å². The van der Waals surface area contributed by atoms with Gasteiger partial charge in [-0.15, -0.1) is 0 Å². The third-order valence-corrected chi connectivity index (χ3v) is 7.60. The topological polar surface area (TPSA) is 145 Å². The third-order valence-electron chi connectivity index (χ3n) is 7.60. The molecule has 1 aliphatic rings. The van der Waals surface area contributed by atoms with Gasteiger partial charge in [0.05, 0.1) is 20.1 Å². The van der Waals surface area contributed by atoms with E-state index in [9.17, 15) is 19.2 Å². The molecule has 1 fully saturated rings. The van der Waals surface area contributed by atoms with Gasteiger partial charge in [0, 0.05) is 55.5 Å². The highest BCUT2D eigenvalue weighted by atomic mass is 16.6. The van der Waals surface area contributed by atoms with Crippen LogP contribution in [0.5, 0.6) is 11.5 Å². The monoisotopic (exact) mass is 674 g/mol. The number of aryl methyl sites for hydroxylation is 1. The van der Waals surface area contributed by atoms with E-state index in [1.165, 1.54) is 7.11 Å². The van der Waals surface area contributed by atoms with Gasteiger partial charge in [-0.1, -0.05) is 30.3 Å². The van der Waals surface area contributed by atoms with Gasteiger partial charge in [-0.25, -0.2) is 9.59 Å². The van der Waals surface area contributed by atoms with Crippen molar-refractivity contribution in [3.63, 3.8) is 0 Å². The number of anilines is 3. The van der Waals surface area contributed by atoms with Crippen molar-refractivity contribution in [1.82, 2.24) is 4.90 Å². The first kappa shape index (κ1) is 36.6. The van der Waals surface area contributed by atoms with Gasteiger partial charge in [-0.3, -0.25) is 9.59 Å². The molecule has 1 heterocycles. The molecule has 0 saturated carbocycles. The lowest BCUT2D eigenvalue weighted by Crippen LogP contribution is -2.44. The number of benzene rings is 3. The number of esters is 1. The predicted octanol–water partition coefficient (Wildman–Crippen LogP) is 6.93. The Hall–Kier alpha value is -5.26. The zero-order valence-corrected chi connectivity index (χ0v) is 28.8. The average Bonchev–Trinajstić information content (AvgIpc) is 3.05. The first-order valence-corrected chi connectivity index (χ1v) is 16.4. The molecule has 49 heavy (non-hydrogen) atoms. The lowest BCUT2D eigenvalue weighted by molar-refractivity contribution is -0.140. The number of nitrogens with one attached hydrogen (secondary N) is 3. The van der Waals surface area contributed by atoms with Crippen LogP contribution in [-0.2, 0) is 25.5 Å². The van der Waals surface area contributed by atoms with Crippen molar-refractivity contribution < 1.29 is 38.1 Å². The Kier molecular flexibility index (Phi) is 12.9. The molecule has 12 heteroatoms. The lowest BCUT2D eigenvalue weighted by Gasteiger charge is -2.33.